The number of hydrogen-bond donors (Lipinski definition) is 0. The summed E-state index contributed by atoms with van der Waals surface area (Å²) in [6, 6.07) is 0. The Bertz CT molecular complexity index is 1510. The number of ether oxygens (including phenoxy) is 3. The van der Waals surface area contributed by atoms with Crippen LogP contribution in [-0.2, 0) is 52.2 Å². The molecule has 0 fully saturated rings. The van der Waals surface area contributed by atoms with Gasteiger partial charge in [-0.15, -0.1) is 0 Å². The summed E-state index contributed by atoms with van der Waals surface area (Å²) in [5, 5.41) is 0. The van der Waals surface area contributed by atoms with Gasteiger partial charge < -0.3 is 0 Å². The van der Waals surface area contributed by atoms with Gasteiger partial charge in [0, 0.05) is 0 Å². The quantitative estimate of drug-likeness (QED) is 0.0187. The average Bonchev–Trinajstić information content (AvgIpc) is 3.43. The standard InChI is InChI=1S/C30H56O4.2C18H32O4.Sn/c1-4-7-10-12-13-14-15-16-17-18-19-22-25-34-30(33)28(26-29(31)32)27(23-20-9-6-3)24-21-11-8-5-2;2*1-2-3-4-5-6-7-8-9-10-11-12-13-16-22-18(21)15-14-17(19)20;/h26-27H,4-25H2,1-3H3,(H,31,32);2*14-15H,2-13,16H2,1H3,(H,19,20);/q;;;+3/p-3/b28-26-;2*15-14-;. The van der Waals surface area contributed by atoms with Crippen LogP contribution in [0, 0.1) is 5.92 Å². The molecule has 13 heteroatoms. The number of hydrogen-bond acceptors (Lipinski definition) is 12. The fourth-order valence-corrected chi connectivity index (χ4v) is 11.9. The van der Waals surface area contributed by atoms with Gasteiger partial charge in [-0.2, -0.15) is 0 Å². The van der Waals surface area contributed by atoms with Crippen LogP contribution in [0.4, 0.5) is 0 Å². The van der Waals surface area contributed by atoms with E-state index in [1.807, 2.05) is 0 Å². The number of carbonyl (C=O) groups is 6. The third kappa shape index (κ3) is 52.7. The van der Waals surface area contributed by atoms with E-state index < -0.39 is 56.8 Å². The molecule has 0 saturated heterocycles. The predicted octanol–water partition coefficient (Wildman–Crippen LogP) is 18.5. The zero-order valence-electron chi connectivity index (χ0n) is 51.3. The van der Waals surface area contributed by atoms with Gasteiger partial charge in [0.05, 0.1) is 0 Å². The fourth-order valence-electron chi connectivity index (χ4n) is 9.58. The molecule has 0 aromatic rings. The number of esters is 3. The van der Waals surface area contributed by atoms with Crippen LogP contribution >= 0.6 is 0 Å². The summed E-state index contributed by atoms with van der Waals surface area (Å²) in [5.74, 6) is -5.54. The summed E-state index contributed by atoms with van der Waals surface area (Å²) in [4.78, 5) is 79.1. The summed E-state index contributed by atoms with van der Waals surface area (Å²) in [7, 11) is 0. The van der Waals surface area contributed by atoms with E-state index in [9.17, 15) is 28.8 Å². The van der Waals surface area contributed by atoms with Crippen LogP contribution in [0.5, 0.6) is 0 Å². The van der Waals surface area contributed by atoms with Crippen LogP contribution in [0.2, 0.25) is 0 Å². The third-order valence-electron chi connectivity index (χ3n) is 14.5. The molecular weight excluding hydrogens is 1100 g/mol. The minimum absolute atomic E-state index is 0.184. The molecule has 0 aromatic carbocycles. The molecule has 79 heavy (non-hydrogen) atoms. The topological polar surface area (TPSA) is 158 Å². The van der Waals surface area contributed by atoms with Gasteiger partial charge in [0.25, 0.3) is 0 Å². The Morgan fingerprint density at radius 2 is 0.532 bits per heavy atom. The van der Waals surface area contributed by atoms with Gasteiger partial charge >= 0.3 is 339 Å². The first-order valence-electron chi connectivity index (χ1n) is 32.7. The van der Waals surface area contributed by atoms with Crippen LogP contribution in [0.3, 0.4) is 0 Å². The summed E-state index contributed by atoms with van der Waals surface area (Å²) in [6.07, 6.45) is 55.1. The Morgan fingerprint density at radius 1 is 0.291 bits per heavy atom. The second-order valence-electron chi connectivity index (χ2n) is 22.0. The van der Waals surface area contributed by atoms with Crippen molar-refractivity contribution in [3.05, 3.63) is 36.0 Å². The number of carbonyl (C=O) groups excluding carboxylic acids is 6. The summed E-state index contributed by atoms with van der Waals surface area (Å²) in [6.45, 7) is 11.6. The molecule has 457 valence electrons. The van der Waals surface area contributed by atoms with Crippen molar-refractivity contribution in [2.24, 2.45) is 5.92 Å². The molecule has 12 nitrogen and oxygen atoms in total. The molecule has 0 heterocycles. The summed E-state index contributed by atoms with van der Waals surface area (Å²) in [5.41, 5.74) is 0.184. The average molecular weight is 1220 g/mol. The normalized spacial score (nSPS) is 12.1. The van der Waals surface area contributed by atoms with E-state index in [1.54, 1.807) is 0 Å². The van der Waals surface area contributed by atoms with Crippen molar-refractivity contribution in [1.29, 1.82) is 0 Å². The summed E-state index contributed by atoms with van der Waals surface area (Å²) >= 11 is -4.77. The van der Waals surface area contributed by atoms with Crippen molar-refractivity contribution in [2.75, 3.05) is 19.8 Å². The van der Waals surface area contributed by atoms with Crippen LogP contribution in [0.25, 0.3) is 0 Å². The Hall–Kier alpha value is -3.16. The van der Waals surface area contributed by atoms with E-state index in [0.29, 0.717) is 32.1 Å². The van der Waals surface area contributed by atoms with E-state index in [2.05, 4.69) is 34.6 Å². The van der Waals surface area contributed by atoms with E-state index in [1.165, 1.54) is 154 Å². The SMILES string of the molecule is CCCCCCCCCCCCCCOC(=O)/C=C\C(=O)[O][Sn]([O]C(=O)/C=C\C(=O)OCCCCCCCCCCCCCC)[O]C(=O)/C=C(\C(=O)OCCCCCCCCCCCCCC)C(CCCCC)CCCCCC. The van der Waals surface area contributed by atoms with Crippen molar-refractivity contribution >= 4 is 56.8 Å². The molecule has 0 N–H and O–H groups in total. The monoisotopic (exact) mass is 1220 g/mol. The molecule has 1 radical (unpaired) electrons. The molecule has 1 atom stereocenters. The molecule has 0 rings (SSSR count). The van der Waals surface area contributed by atoms with Crippen molar-refractivity contribution in [1.82, 2.24) is 0 Å². The molecule has 0 amide bonds. The van der Waals surface area contributed by atoms with E-state index in [0.717, 1.165) is 133 Å². The van der Waals surface area contributed by atoms with Gasteiger partial charge in [-0.25, -0.2) is 0 Å². The van der Waals surface area contributed by atoms with Crippen LogP contribution < -0.4 is 0 Å². The Balaban J connectivity index is 5.82. The molecule has 0 spiro atoms. The number of rotatable bonds is 58. The van der Waals surface area contributed by atoms with Gasteiger partial charge in [0.1, 0.15) is 0 Å². The molecule has 0 aliphatic rings. The zero-order chi connectivity index (χ0) is 57.9. The van der Waals surface area contributed by atoms with Gasteiger partial charge in [-0.05, 0) is 0 Å². The van der Waals surface area contributed by atoms with Crippen LogP contribution in [-0.4, -0.2) is 76.6 Å². The van der Waals surface area contributed by atoms with Crippen molar-refractivity contribution in [3.63, 3.8) is 0 Å². The van der Waals surface area contributed by atoms with Crippen molar-refractivity contribution in [2.45, 2.75) is 324 Å². The van der Waals surface area contributed by atoms with Crippen LogP contribution in [0.15, 0.2) is 36.0 Å². The predicted molar refractivity (Wildman–Crippen MR) is 323 cm³/mol. The van der Waals surface area contributed by atoms with E-state index >= 15 is 0 Å². The van der Waals surface area contributed by atoms with Gasteiger partial charge in [0.15, 0.2) is 0 Å². The van der Waals surface area contributed by atoms with Crippen LogP contribution in [0.1, 0.15) is 324 Å². The van der Waals surface area contributed by atoms with E-state index in [-0.39, 0.29) is 31.3 Å². The molecule has 0 aromatic heterocycles. The summed E-state index contributed by atoms with van der Waals surface area (Å²) < 4.78 is 32.9. The van der Waals surface area contributed by atoms with E-state index in [4.69, 9.17) is 23.4 Å². The number of unbranched alkanes of at least 4 members (excludes halogenated alkanes) is 38. The second-order valence-corrected chi connectivity index (χ2v) is 25.1. The molecule has 0 bridgehead atoms. The maximum absolute atomic E-state index is 13.9. The molecule has 1 unspecified atom stereocenters. The molecular formula is C66H117O12Sn. The third-order valence-corrected chi connectivity index (χ3v) is 17.6. The Labute approximate surface area is 491 Å². The second kappa shape index (κ2) is 59.5. The van der Waals surface area contributed by atoms with Gasteiger partial charge in [-0.1, -0.05) is 156 Å². The first-order valence-corrected chi connectivity index (χ1v) is 36.2. The zero-order valence-corrected chi connectivity index (χ0v) is 54.2. The van der Waals surface area contributed by atoms with Crippen molar-refractivity contribution in [3.8, 4) is 0 Å². The fraction of sp³-hybridized carbons (Fsp3) is 0.818. The first kappa shape index (κ1) is 75.8. The first-order chi connectivity index (χ1) is 38.6. The van der Waals surface area contributed by atoms with Crippen molar-refractivity contribution < 1.29 is 52.2 Å². The van der Waals surface area contributed by atoms with Gasteiger partial charge in [0.2, 0.25) is 0 Å². The maximum atomic E-state index is 13.9. The van der Waals surface area contributed by atoms with Gasteiger partial charge in [-0.3, -0.25) is 0 Å². The molecule has 0 saturated carbocycles. The Kier molecular flexibility index (Phi) is 57.1. The Morgan fingerprint density at radius 3 is 0.861 bits per heavy atom. The molecule has 0 aliphatic carbocycles. The minimum atomic E-state index is -4.77. The molecule has 0 aliphatic heterocycles.